The SMILES string of the molecule is CC(C)(C)C1CCC(C(=O)[O-])CC1.CC(C)(C)C1CCC(C(=O)[O-])CC1.[Ca+2]. The fourth-order valence-corrected chi connectivity index (χ4v) is 4.39. The Morgan fingerprint density at radius 2 is 0.815 bits per heavy atom. The van der Waals surface area contributed by atoms with Crippen LogP contribution in [0, 0.1) is 34.5 Å². The van der Waals surface area contributed by atoms with E-state index in [0.717, 1.165) is 51.4 Å². The van der Waals surface area contributed by atoms with Gasteiger partial charge in [0, 0.05) is 11.9 Å². The zero-order valence-electron chi connectivity index (χ0n) is 18.3. The zero-order chi connectivity index (χ0) is 20.1. The van der Waals surface area contributed by atoms with Gasteiger partial charge < -0.3 is 19.8 Å². The first-order chi connectivity index (χ1) is 11.8. The van der Waals surface area contributed by atoms with E-state index in [1.54, 1.807) is 0 Å². The Kier molecular flexibility index (Phi) is 11.5. The fraction of sp³-hybridized carbons (Fsp3) is 0.909. The molecule has 0 spiro atoms. The van der Waals surface area contributed by atoms with E-state index in [-0.39, 0.29) is 49.6 Å². The summed E-state index contributed by atoms with van der Waals surface area (Å²) in [4.78, 5) is 21.2. The Balaban J connectivity index is 0.000000483. The molecule has 2 saturated carbocycles. The summed E-state index contributed by atoms with van der Waals surface area (Å²) in [5.41, 5.74) is 0.661. The molecule has 2 aliphatic carbocycles. The fourth-order valence-electron chi connectivity index (χ4n) is 4.39. The average molecular weight is 407 g/mol. The second-order valence-corrected chi connectivity index (χ2v) is 10.5. The molecular weight excluding hydrogens is 368 g/mol. The molecule has 27 heavy (non-hydrogen) atoms. The summed E-state index contributed by atoms with van der Waals surface area (Å²) in [6.07, 6.45) is 7.41. The first-order valence-corrected chi connectivity index (χ1v) is 10.2. The van der Waals surface area contributed by atoms with Crippen molar-refractivity contribution >= 4 is 49.7 Å². The average Bonchev–Trinajstić information content (AvgIpc) is 2.54. The molecule has 0 heterocycles. The molecule has 0 unspecified atom stereocenters. The Morgan fingerprint density at radius 3 is 0.963 bits per heavy atom. The number of hydrogen-bond donors (Lipinski definition) is 0. The summed E-state index contributed by atoms with van der Waals surface area (Å²) in [6.45, 7) is 13.4. The van der Waals surface area contributed by atoms with Crippen molar-refractivity contribution in [2.24, 2.45) is 34.5 Å². The monoisotopic (exact) mass is 406 g/mol. The molecule has 0 aromatic carbocycles. The second kappa shape index (κ2) is 11.4. The van der Waals surface area contributed by atoms with E-state index < -0.39 is 11.9 Å². The van der Waals surface area contributed by atoms with E-state index in [1.165, 1.54) is 0 Å². The Labute approximate surface area is 195 Å². The maximum atomic E-state index is 10.6. The molecule has 2 aliphatic rings. The molecule has 0 bridgehead atoms. The summed E-state index contributed by atoms with van der Waals surface area (Å²) >= 11 is 0. The first kappa shape index (κ1) is 27.2. The second-order valence-electron chi connectivity index (χ2n) is 10.5. The number of hydrogen-bond acceptors (Lipinski definition) is 4. The standard InChI is InChI=1S/2C11H20O2.Ca/c2*1-11(2,3)9-6-4-8(5-7-9)10(12)13;/h2*8-9H,4-7H2,1-3H3,(H,12,13);/q;;+2/p-2. The van der Waals surface area contributed by atoms with Crippen LogP contribution in [0.2, 0.25) is 0 Å². The predicted octanol–water partition coefficient (Wildman–Crippen LogP) is 2.80. The van der Waals surface area contributed by atoms with Crippen molar-refractivity contribution in [3.8, 4) is 0 Å². The largest absolute Gasteiger partial charge is 2.00 e. The summed E-state index contributed by atoms with van der Waals surface area (Å²) in [5, 5.41) is 21.2. The van der Waals surface area contributed by atoms with E-state index in [2.05, 4.69) is 41.5 Å². The first-order valence-electron chi connectivity index (χ1n) is 10.2. The molecule has 4 nitrogen and oxygen atoms in total. The number of carbonyl (C=O) groups excluding carboxylic acids is 2. The van der Waals surface area contributed by atoms with Crippen molar-refractivity contribution in [2.75, 3.05) is 0 Å². The third-order valence-corrected chi connectivity index (χ3v) is 6.57. The van der Waals surface area contributed by atoms with Crippen molar-refractivity contribution in [3.63, 3.8) is 0 Å². The zero-order valence-corrected chi connectivity index (χ0v) is 20.5. The van der Waals surface area contributed by atoms with E-state index >= 15 is 0 Å². The van der Waals surface area contributed by atoms with Gasteiger partial charge in [0.05, 0.1) is 0 Å². The van der Waals surface area contributed by atoms with Crippen molar-refractivity contribution in [1.82, 2.24) is 0 Å². The van der Waals surface area contributed by atoms with Crippen LogP contribution in [-0.4, -0.2) is 49.7 Å². The van der Waals surface area contributed by atoms with Gasteiger partial charge in [-0.05, 0) is 85.9 Å². The van der Waals surface area contributed by atoms with E-state index in [9.17, 15) is 19.8 Å². The van der Waals surface area contributed by atoms with Gasteiger partial charge in [-0.1, -0.05) is 41.5 Å². The maximum Gasteiger partial charge on any atom is 2.00 e. The van der Waals surface area contributed by atoms with E-state index in [0.29, 0.717) is 22.7 Å². The topological polar surface area (TPSA) is 80.3 Å². The smallest absolute Gasteiger partial charge is 0.550 e. The van der Waals surface area contributed by atoms with Gasteiger partial charge in [-0.15, -0.1) is 0 Å². The molecular formula is C22H38CaO4. The Bertz CT molecular complexity index is 416. The van der Waals surface area contributed by atoms with Gasteiger partial charge >= 0.3 is 37.7 Å². The number of carboxylic acids is 2. The normalized spacial score (nSPS) is 29.0. The van der Waals surface area contributed by atoms with Gasteiger partial charge in [0.25, 0.3) is 0 Å². The molecule has 152 valence electrons. The number of carboxylic acid groups (broad SMARTS) is 2. The number of aliphatic carboxylic acids is 2. The number of carbonyl (C=O) groups is 2. The predicted molar refractivity (Wildman–Crippen MR) is 106 cm³/mol. The van der Waals surface area contributed by atoms with Crippen molar-refractivity contribution in [1.29, 1.82) is 0 Å². The van der Waals surface area contributed by atoms with Gasteiger partial charge in [0.15, 0.2) is 0 Å². The van der Waals surface area contributed by atoms with Crippen LogP contribution >= 0.6 is 0 Å². The van der Waals surface area contributed by atoms with Crippen LogP contribution in [-0.2, 0) is 9.59 Å². The van der Waals surface area contributed by atoms with Crippen molar-refractivity contribution in [3.05, 3.63) is 0 Å². The Morgan fingerprint density at radius 1 is 0.593 bits per heavy atom. The summed E-state index contributed by atoms with van der Waals surface area (Å²) in [7, 11) is 0. The molecule has 2 fully saturated rings. The van der Waals surface area contributed by atoms with Crippen LogP contribution in [0.15, 0.2) is 0 Å². The molecule has 2 rings (SSSR count). The third kappa shape index (κ3) is 9.49. The minimum Gasteiger partial charge on any atom is -0.550 e. The van der Waals surface area contributed by atoms with Crippen LogP contribution in [0.25, 0.3) is 0 Å². The van der Waals surface area contributed by atoms with Crippen molar-refractivity contribution < 1.29 is 19.8 Å². The van der Waals surface area contributed by atoms with Crippen LogP contribution in [0.1, 0.15) is 92.9 Å². The van der Waals surface area contributed by atoms with Gasteiger partial charge in [0.2, 0.25) is 0 Å². The summed E-state index contributed by atoms with van der Waals surface area (Å²) in [6, 6.07) is 0. The molecule has 0 saturated heterocycles. The summed E-state index contributed by atoms with van der Waals surface area (Å²) < 4.78 is 0. The quantitative estimate of drug-likeness (QED) is 0.661. The molecule has 0 radical (unpaired) electrons. The van der Waals surface area contributed by atoms with Crippen LogP contribution < -0.4 is 10.2 Å². The minimum absolute atomic E-state index is 0. The van der Waals surface area contributed by atoms with Crippen LogP contribution in [0.5, 0.6) is 0 Å². The summed E-state index contributed by atoms with van der Waals surface area (Å²) in [5.74, 6) is -0.705. The van der Waals surface area contributed by atoms with Crippen molar-refractivity contribution in [2.45, 2.75) is 92.9 Å². The van der Waals surface area contributed by atoms with Gasteiger partial charge in [-0.3, -0.25) is 0 Å². The molecule has 0 N–H and O–H groups in total. The third-order valence-electron chi connectivity index (χ3n) is 6.57. The van der Waals surface area contributed by atoms with E-state index in [4.69, 9.17) is 0 Å². The number of rotatable bonds is 2. The maximum absolute atomic E-state index is 10.6. The Hall–Kier alpha value is 0.200. The molecule has 0 aliphatic heterocycles. The van der Waals surface area contributed by atoms with Gasteiger partial charge in [-0.2, -0.15) is 0 Å². The molecule has 0 aromatic heterocycles. The minimum atomic E-state index is -0.854. The van der Waals surface area contributed by atoms with Crippen LogP contribution in [0.4, 0.5) is 0 Å². The molecule has 0 atom stereocenters. The molecule has 5 heteroatoms. The van der Waals surface area contributed by atoms with Crippen LogP contribution in [0.3, 0.4) is 0 Å². The van der Waals surface area contributed by atoms with Gasteiger partial charge in [-0.25, -0.2) is 0 Å². The van der Waals surface area contributed by atoms with E-state index in [1.807, 2.05) is 0 Å². The molecule has 0 aromatic rings. The molecule has 0 amide bonds. The van der Waals surface area contributed by atoms with Gasteiger partial charge in [0.1, 0.15) is 0 Å².